The number of aliphatic hydroxyl groups is 1. The Kier molecular flexibility index (Phi) is 7.30. The molecule has 0 radical (unpaired) electrons. The van der Waals surface area contributed by atoms with E-state index in [9.17, 15) is 5.11 Å². The van der Waals surface area contributed by atoms with Crippen molar-refractivity contribution in [1.29, 1.82) is 0 Å². The maximum atomic E-state index is 9.36. The lowest BCUT2D eigenvalue weighted by atomic mass is 10.1. The molecule has 1 aliphatic rings. The predicted octanol–water partition coefficient (Wildman–Crippen LogP) is 2.26. The average Bonchev–Trinajstić information content (AvgIpc) is 2.94. The van der Waals surface area contributed by atoms with Gasteiger partial charge in [-0.1, -0.05) is 11.6 Å². The van der Waals surface area contributed by atoms with Crippen LogP contribution in [0.15, 0.2) is 28.2 Å². The molecule has 0 aromatic carbocycles. The highest BCUT2D eigenvalue weighted by atomic mass is 16.5. The molecule has 0 bridgehead atoms. The summed E-state index contributed by atoms with van der Waals surface area (Å²) in [5, 5.41) is 9.36. The van der Waals surface area contributed by atoms with Crippen LogP contribution in [0.5, 0.6) is 0 Å². The van der Waals surface area contributed by atoms with E-state index in [1.807, 2.05) is 12.1 Å². The molecular weight excluding hydrogens is 292 g/mol. The second kappa shape index (κ2) is 9.23. The molecule has 1 atom stereocenters. The smallest absolute Gasteiger partial charge is 0.129 e. The van der Waals surface area contributed by atoms with Gasteiger partial charge in [0.05, 0.1) is 6.54 Å². The molecule has 0 unspecified atom stereocenters. The number of rotatable bonds is 8. The molecular formula is C18H30N2O3. The molecule has 130 valence electrons. The topological polar surface area (TPSA) is 49.1 Å². The Hall–Kier alpha value is -1.14. The maximum Gasteiger partial charge on any atom is 0.129 e. The van der Waals surface area contributed by atoms with E-state index in [0.29, 0.717) is 12.6 Å². The number of allylic oxidation sites excluding steroid dienone is 1. The molecule has 0 amide bonds. The zero-order valence-electron chi connectivity index (χ0n) is 14.6. The lowest BCUT2D eigenvalue weighted by Gasteiger charge is -2.40. The molecule has 1 saturated heterocycles. The molecule has 1 fully saturated rings. The molecule has 5 heteroatoms. The minimum absolute atomic E-state index is 0.239. The molecule has 2 rings (SSSR count). The monoisotopic (exact) mass is 322 g/mol. The van der Waals surface area contributed by atoms with Gasteiger partial charge in [0, 0.05) is 45.9 Å². The fourth-order valence-electron chi connectivity index (χ4n) is 3.01. The Balaban J connectivity index is 1.90. The molecule has 1 aromatic heterocycles. The van der Waals surface area contributed by atoms with Crippen LogP contribution in [0.1, 0.15) is 31.8 Å². The first kappa shape index (κ1) is 18.2. The van der Waals surface area contributed by atoms with Crippen LogP contribution in [0.25, 0.3) is 0 Å². The Morgan fingerprint density at radius 3 is 2.83 bits per heavy atom. The SMILES string of the molecule is COCc1ccc(CN2CCN(CC=C(C)C)[C@H](CCO)C2)o1. The number of methoxy groups -OCH3 is 1. The van der Waals surface area contributed by atoms with Crippen molar-refractivity contribution in [3.05, 3.63) is 35.3 Å². The van der Waals surface area contributed by atoms with Gasteiger partial charge in [0.2, 0.25) is 0 Å². The van der Waals surface area contributed by atoms with E-state index in [4.69, 9.17) is 9.15 Å². The van der Waals surface area contributed by atoms with Crippen molar-refractivity contribution in [3.63, 3.8) is 0 Å². The predicted molar refractivity (Wildman–Crippen MR) is 91.2 cm³/mol. The maximum absolute atomic E-state index is 9.36. The molecule has 0 aliphatic carbocycles. The van der Waals surface area contributed by atoms with E-state index in [1.54, 1.807) is 7.11 Å². The number of aliphatic hydroxyl groups excluding tert-OH is 1. The minimum atomic E-state index is 0.239. The van der Waals surface area contributed by atoms with Gasteiger partial charge in [-0.15, -0.1) is 0 Å². The second-order valence-electron chi connectivity index (χ2n) is 6.48. The van der Waals surface area contributed by atoms with Crippen molar-refractivity contribution < 1.29 is 14.3 Å². The van der Waals surface area contributed by atoms with E-state index in [2.05, 4.69) is 29.7 Å². The molecule has 0 saturated carbocycles. The summed E-state index contributed by atoms with van der Waals surface area (Å²) in [6.45, 7) is 9.84. The summed E-state index contributed by atoms with van der Waals surface area (Å²) < 4.78 is 10.9. The van der Waals surface area contributed by atoms with Gasteiger partial charge in [-0.3, -0.25) is 9.80 Å². The summed E-state index contributed by atoms with van der Waals surface area (Å²) in [5.74, 6) is 1.86. The van der Waals surface area contributed by atoms with Gasteiger partial charge in [-0.25, -0.2) is 0 Å². The van der Waals surface area contributed by atoms with Gasteiger partial charge in [0.25, 0.3) is 0 Å². The molecule has 2 heterocycles. The van der Waals surface area contributed by atoms with Crippen LogP contribution in [0, 0.1) is 0 Å². The van der Waals surface area contributed by atoms with Crippen LogP contribution in [0.2, 0.25) is 0 Å². The van der Waals surface area contributed by atoms with Crippen LogP contribution in [-0.2, 0) is 17.9 Å². The third-order valence-electron chi connectivity index (χ3n) is 4.27. The third-order valence-corrected chi connectivity index (χ3v) is 4.27. The highest BCUT2D eigenvalue weighted by Gasteiger charge is 2.26. The summed E-state index contributed by atoms with van der Waals surface area (Å²) in [4.78, 5) is 4.88. The normalized spacial score (nSPS) is 19.9. The fourth-order valence-corrected chi connectivity index (χ4v) is 3.01. The highest BCUT2D eigenvalue weighted by Crippen LogP contribution is 2.17. The van der Waals surface area contributed by atoms with E-state index >= 15 is 0 Å². The van der Waals surface area contributed by atoms with E-state index in [0.717, 1.165) is 50.7 Å². The molecule has 1 aliphatic heterocycles. The first-order valence-electron chi connectivity index (χ1n) is 8.39. The lowest BCUT2D eigenvalue weighted by Crippen LogP contribution is -2.53. The van der Waals surface area contributed by atoms with Crippen molar-refractivity contribution in [2.75, 3.05) is 39.9 Å². The van der Waals surface area contributed by atoms with Crippen molar-refractivity contribution >= 4 is 0 Å². The molecule has 5 nitrogen and oxygen atoms in total. The van der Waals surface area contributed by atoms with Crippen LogP contribution < -0.4 is 0 Å². The fraction of sp³-hybridized carbons (Fsp3) is 0.667. The number of nitrogens with zero attached hydrogens (tertiary/aromatic N) is 2. The van der Waals surface area contributed by atoms with Gasteiger partial charge < -0.3 is 14.3 Å². The van der Waals surface area contributed by atoms with Gasteiger partial charge in [-0.05, 0) is 32.4 Å². The van der Waals surface area contributed by atoms with Crippen LogP contribution in [0.3, 0.4) is 0 Å². The van der Waals surface area contributed by atoms with Crippen molar-refractivity contribution in [2.45, 2.75) is 39.5 Å². The lowest BCUT2D eigenvalue weighted by molar-refractivity contribution is 0.0593. The summed E-state index contributed by atoms with van der Waals surface area (Å²) in [6, 6.07) is 4.41. The number of ether oxygens (including phenoxy) is 1. The Morgan fingerprint density at radius 1 is 1.35 bits per heavy atom. The first-order chi connectivity index (χ1) is 11.1. The van der Waals surface area contributed by atoms with Crippen LogP contribution in [0.4, 0.5) is 0 Å². The largest absolute Gasteiger partial charge is 0.462 e. The summed E-state index contributed by atoms with van der Waals surface area (Å²) >= 11 is 0. The Bertz CT molecular complexity index is 494. The quantitative estimate of drug-likeness (QED) is 0.744. The molecule has 0 spiro atoms. The summed E-state index contributed by atoms with van der Waals surface area (Å²) in [5.41, 5.74) is 1.34. The third kappa shape index (κ3) is 5.77. The van der Waals surface area contributed by atoms with Gasteiger partial charge in [0.15, 0.2) is 0 Å². The number of piperazine rings is 1. The zero-order chi connectivity index (χ0) is 16.7. The second-order valence-corrected chi connectivity index (χ2v) is 6.48. The Morgan fingerprint density at radius 2 is 2.13 bits per heavy atom. The van der Waals surface area contributed by atoms with Gasteiger partial charge in [0.1, 0.15) is 18.1 Å². The highest BCUT2D eigenvalue weighted by molar-refractivity contribution is 5.07. The van der Waals surface area contributed by atoms with Crippen molar-refractivity contribution in [3.8, 4) is 0 Å². The summed E-state index contributed by atoms with van der Waals surface area (Å²) in [6.07, 6.45) is 3.09. The van der Waals surface area contributed by atoms with Gasteiger partial charge >= 0.3 is 0 Å². The number of hydrogen-bond donors (Lipinski definition) is 1. The molecule has 1 N–H and O–H groups in total. The van der Waals surface area contributed by atoms with Crippen molar-refractivity contribution in [1.82, 2.24) is 9.80 Å². The minimum Gasteiger partial charge on any atom is -0.462 e. The molecule has 1 aromatic rings. The van der Waals surface area contributed by atoms with E-state index in [1.165, 1.54) is 5.57 Å². The van der Waals surface area contributed by atoms with E-state index in [-0.39, 0.29) is 6.61 Å². The van der Waals surface area contributed by atoms with Gasteiger partial charge in [-0.2, -0.15) is 0 Å². The zero-order valence-corrected chi connectivity index (χ0v) is 14.6. The van der Waals surface area contributed by atoms with E-state index < -0.39 is 0 Å². The Labute approximate surface area is 139 Å². The first-order valence-corrected chi connectivity index (χ1v) is 8.39. The summed E-state index contributed by atoms with van der Waals surface area (Å²) in [7, 11) is 1.67. The number of hydrogen-bond acceptors (Lipinski definition) is 5. The number of furan rings is 1. The standard InChI is InChI=1S/C18H30N2O3/c1-15(2)6-8-20-10-9-19(12-16(20)7-11-21)13-17-4-5-18(23-17)14-22-3/h4-6,16,21H,7-14H2,1-3H3/t16-/m1/s1. The van der Waals surface area contributed by atoms with Crippen molar-refractivity contribution in [2.24, 2.45) is 0 Å². The molecule has 23 heavy (non-hydrogen) atoms. The van der Waals surface area contributed by atoms with Crippen LogP contribution in [-0.4, -0.2) is 60.8 Å². The average molecular weight is 322 g/mol. The van der Waals surface area contributed by atoms with Crippen LogP contribution >= 0.6 is 0 Å².